The van der Waals surface area contributed by atoms with Crippen molar-refractivity contribution in [2.75, 3.05) is 13.7 Å². The molecule has 3 aromatic rings. The first-order valence-corrected chi connectivity index (χ1v) is 14.1. The maximum absolute atomic E-state index is 13.6. The molecule has 4 atom stereocenters. The monoisotopic (exact) mass is 629 g/mol. The maximum atomic E-state index is 13.6. The van der Waals surface area contributed by atoms with Gasteiger partial charge in [0.2, 0.25) is 6.29 Å². The molecule has 0 saturated carbocycles. The number of esters is 4. The lowest BCUT2D eigenvalue weighted by Crippen LogP contribution is -2.54. The van der Waals surface area contributed by atoms with E-state index in [0.29, 0.717) is 38.5 Å². The van der Waals surface area contributed by atoms with Crippen LogP contribution in [0.3, 0.4) is 0 Å². The zero-order chi connectivity index (χ0) is 32.1. The molecule has 4 rings (SSSR count). The van der Waals surface area contributed by atoms with Crippen molar-refractivity contribution in [3.05, 3.63) is 64.3 Å². The molecule has 0 radical (unpaired) electrons. The Hall–Kier alpha value is -4.42. The van der Waals surface area contributed by atoms with Gasteiger partial charge in [-0.05, 0) is 55.0 Å². The minimum atomic E-state index is -1.24. The van der Waals surface area contributed by atoms with Crippen molar-refractivity contribution in [3.8, 4) is 5.75 Å². The fourth-order valence-electron chi connectivity index (χ4n) is 5.10. The average molecular weight is 630 g/mol. The minimum absolute atomic E-state index is 0.149. The van der Waals surface area contributed by atoms with Gasteiger partial charge in [-0.15, -0.1) is 0 Å². The summed E-state index contributed by atoms with van der Waals surface area (Å²) in [6.45, 7) is 4.91. The highest BCUT2D eigenvalue weighted by molar-refractivity contribution is 6.30. The number of methoxy groups -OCH3 is 1. The Labute approximate surface area is 258 Å². The summed E-state index contributed by atoms with van der Waals surface area (Å²) in [5.74, 6) is -2.46. The predicted octanol–water partition coefficient (Wildman–Crippen LogP) is 3.93. The molecule has 0 unspecified atom stereocenters. The fraction of sp³-hybridized carbons (Fsp3) is 0.387. The molecule has 0 bridgehead atoms. The number of hydrogen-bond donors (Lipinski definition) is 0. The van der Waals surface area contributed by atoms with Crippen LogP contribution in [0.15, 0.2) is 42.5 Å². The van der Waals surface area contributed by atoms with E-state index < -0.39 is 48.5 Å². The molecule has 234 valence electrons. The Bertz CT molecular complexity index is 1580. The van der Waals surface area contributed by atoms with Crippen LogP contribution in [0.5, 0.6) is 5.75 Å². The number of hydrogen-bond acceptors (Lipinski definition) is 11. The number of rotatable bonds is 9. The molecule has 1 aliphatic rings. The van der Waals surface area contributed by atoms with Crippen LogP contribution in [-0.2, 0) is 49.3 Å². The van der Waals surface area contributed by atoms with Gasteiger partial charge in [0, 0.05) is 42.4 Å². The molecule has 44 heavy (non-hydrogen) atoms. The van der Waals surface area contributed by atoms with E-state index in [4.69, 9.17) is 40.0 Å². The van der Waals surface area contributed by atoms with Gasteiger partial charge < -0.3 is 28.4 Å². The first kappa shape index (κ1) is 32.5. The number of ether oxygens (including phenoxy) is 6. The summed E-state index contributed by atoms with van der Waals surface area (Å²) < 4.78 is 34.1. The van der Waals surface area contributed by atoms with Crippen LogP contribution in [0.25, 0.3) is 10.9 Å². The van der Waals surface area contributed by atoms with Gasteiger partial charge in [-0.3, -0.25) is 28.5 Å². The summed E-state index contributed by atoms with van der Waals surface area (Å²) in [6.07, 6.45) is -4.90. The Balaban J connectivity index is 1.62. The van der Waals surface area contributed by atoms with E-state index in [1.807, 2.05) is 0 Å². The quantitative estimate of drug-likeness (QED) is 0.251. The van der Waals surface area contributed by atoms with Gasteiger partial charge in [0.1, 0.15) is 24.6 Å². The van der Waals surface area contributed by atoms with Gasteiger partial charge >= 0.3 is 23.9 Å². The Morgan fingerprint density at radius 1 is 0.932 bits per heavy atom. The number of aromatic nitrogens is 1. The van der Waals surface area contributed by atoms with Gasteiger partial charge in [0.05, 0.1) is 25.5 Å². The van der Waals surface area contributed by atoms with E-state index in [-0.39, 0.29) is 25.4 Å². The number of halogens is 1. The van der Waals surface area contributed by atoms with Crippen LogP contribution in [0, 0.1) is 6.92 Å². The average Bonchev–Trinajstić information content (AvgIpc) is 3.22. The summed E-state index contributed by atoms with van der Waals surface area (Å²) in [7, 11) is 1.51. The van der Waals surface area contributed by atoms with Crippen molar-refractivity contribution in [2.24, 2.45) is 0 Å². The van der Waals surface area contributed by atoms with Gasteiger partial charge in [-0.1, -0.05) is 11.6 Å². The SMILES string of the molecule is COc1ccc2c(c1)c(CC(=O)O[C@@H]1C[C@@H](OC(C)=O)[C@H](OC(C)=O)[C@@H](COC(C)=O)O1)c(C)n2C(=O)c1ccc(Cl)cc1. The number of carbonyl (C=O) groups is 5. The summed E-state index contributed by atoms with van der Waals surface area (Å²) in [5.41, 5.74) is 1.98. The highest BCUT2D eigenvalue weighted by atomic mass is 35.5. The highest BCUT2D eigenvalue weighted by Crippen LogP contribution is 2.32. The molecule has 0 aliphatic carbocycles. The third kappa shape index (κ3) is 7.56. The van der Waals surface area contributed by atoms with Crippen LogP contribution in [0.1, 0.15) is 48.8 Å². The van der Waals surface area contributed by atoms with E-state index in [2.05, 4.69) is 0 Å². The third-order valence-electron chi connectivity index (χ3n) is 6.97. The lowest BCUT2D eigenvalue weighted by molar-refractivity contribution is -0.260. The van der Waals surface area contributed by atoms with Gasteiger partial charge in [0.25, 0.3) is 5.91 Å². The first-order chi connectivity index (χ1) is 20.9. The largest absolute Gasteiger partial charge is 0.497 e. The summed E-state index contributed by atoms with van der Waals surface area (Å²) >= 11 is 6.01. The fourth-order valence-corrected chi connectivity index (χ4v) is 5.23. The molecular weight excluding hydrogens is 598 g/mol. The van der Waals surface area contributed by atoms with Crippen LogP contribution < -0.4 is 4.74 Å². The molecule has 0 N–H and O–H groups in total. The molecule has 2 aromatic carbocycles. The molecule has 1 aliphatic heterocycles. The molecule has 0 spiro atoms. The number of carbonyl (C=O) groups excluding carboxylic acids is 5. The van der Waals surface area contributed by atoms with Crippen LogP contribution in [-0.4, -0.2) is 72.7 Å². The second-order valence-corrected chi connectivity index (χ2v) is 10.6. The summed E-state index contributed by atoms with van der Waals surface area (Å²) in [5, 5.41) is 1.09. The van der Waals surface area contributed by atoms with Gasteiger partial charge in [0.15, 0.2) is 6.10 Å². The molecule has 12 nitrogen and oxygen atoms in total. The first-order valence-electron chi connectivity index (χ1n) is 13.7. The molecular formula is C31H32ClNO11. The standard InChI is InChI=1S/C31H32ClNO11/c1-16-23(24-12-22(39-5)10-11-25(24)33(16)31(38)20-6-8-21(32)9-7-20)13-28(37)44-29-14-26(41-18(3)35)30(42-19(4)36)27(43-29)15-40-17(2)34/h6-12,26-27,29-30H,13-15H2,1-5H3/t26-,27-,29-,30+/m1/s1. The van der Waals surface area contributed by atoms with E-state index in [1.165, 1.54) is 32.4 Å². The van der Waals surface area contributed by atoms with E-state index in [1.54, 1.807) is 49.4 Å². The molecule has 1 aromatic heterocycles. The van der Waals surface area contributed by atoms with Crippen LogP contribution in [0.2, 0.25) is 5.02 Å². The lowest BCUT2D eigenvalue weighted by atomic mass is 10.0. The molecule has 13 heteroatoms. The second kappa shape index (κ2) is 13.9. The van der Waals surface area contributed by atoms with Crippen molar-refractivity contribution < 1.29 is 52.4 Å². The summed E-state index contributed by atoms with van der Waals surface area (Å²) in [6, 6.07) is 11.6. The normalized spacial score (nSPS) is 19.6. The van der Waals surface area contributed by atoms with Crippen molar-refractivity contribution in [1.29, 1.82) is 0 Å². The third-order valence-corrected chi connectivity index (χ3v) is 7.23. The van der Waals surface area contributed by atoms with Crippen molar-refractivity contribution in [2.45, 2.75) is 65.1 Å². The predicted molar refractivity (Wildman–Crippen MR) is 155 cm³/mol. The van der Waals surface area contributed by atoms with E-state index >= 15 is 0 Å². The van der Waals surface area contributed by atoms with Crippen LogP contribution in [0.4, 0.5) is 0 Å². The Kier molecular flexibility index (Phi) is 10.3. The molecule has 1 fully saturated rings. The molecule has 0 amide bonds. The summed E-state index contributed by atoms with van der Waals surface area (Å²) in [4.78, 5) is 62.0. The number of fused-ring (bicyclic) bond motifs is 1. The topological polar surface area (TPSA) is 146 Å². The van der Waals surface area contributed by atoms with E-state index in [0.717, 1.165) is 0 Å². The van der Waals surface area contributed by atoms with Crippen molar-refractivity contribution in [3.63, 3.8) is 0 Å². The smallest absolute Gasteiger partial charge is 0.312 e. The van der Waals surface area contributed by atoms with Crippen LogP contribution >= 0.6 is 11.6 Å². The Morgan fingerprint density at radius 2 is 1.61 bits per heavy atom. The van der Waals surface area contributed by atoms with Gasteiger partial charge in [-0.2, -0.15) is 0 Å². The highest BCUT2D eigenvalue weighted by Gasteiger charge is 2.45. The zero-order valence-corrected chi connectivity index (χ0v) is 25.5. The van der Waals surface area contributed by atoms with Crippen molar-refractivity contribution >= 4 is 52.3 Å². The number of nitrogens with zero attached hydrogens (tertiary/aromatic N) is 1. The van der Waals surface area contributed by atoms with E-state index in [9.17, 15) is 24.0 Å². The number of benzene rings is 2. The second-order valence-electron chi connectivity index (χ2n) is 10.1. The van der Waals surface area contributed by atoms with Crippen molar-refractivity contribution in [1.82, 2.24) is 4.57 Å². The maximum Gasteiger partial charge on any atom is 0.312 e. The lowest BCUT2D eigenvalue weighted by Gasteiger charge is -2.39. The Morgan fingerprint density at radius 3 is 2.23 bits per heavy atom. The molecule has 1 saturated heterocycles. The zero-order valence-electron chi connectivity index (χ0n) is 24.8. The molecule has 2 heterocycles. The van der Waals surface area contributed by atoms with Gasteiger partial charge in [-0.25, -0.2) is 0 Å². The minimum Gasteiger partial charge on any atom is -0.497 e.